The predicted octanol–water partition coefficient (Wildman–Crippen LogP) is 3.90. The van der Waals surface area contributed by atoms with Crippen molar-refractivity contribution in [2.45, 2.75) is 70.7 Å². The van der Waals surface area contributed by atoms with Gasteiger partial charge >= 0.3 is 5.97 Å². The number of imidazole rings is 1. The molecule has 4 rings (SSSR count). The molecule has 2 aromatic heterocycles. The fourth-order valence-corrected chi connectivity index (χ4v) is 5.25. The van der Waals surface area contributed by atoms with Gasteiger partial charge in [0.15, 0.2) is 0 Å². The average Bonchev–Trinajstić information content (AvgIpc) is 3.54. The maximum Gasteiger partial charge on any atom is 0.323 e. The molecule has 0 aliphatic heterocycles. The first kappa shape index (κ1) is 28.0. The van der Waals surface area contributed by atoms with E-state index in [1.165, 1.54) is 0 Å². The Bertz CT molecular complexity index is 1280. The molecule has 0 amide bonds. The molecule has 9 heteroatoms. The van der Waals surface area contributed by atoms with Crippen LogP contribution in [-0.4, -0.2) is 59.7 Å². The monoisotopic (exact) mass is 524 g/mol. The highest BCUT2D eigenvalue weighted by molar-refractivity contribution is 5.81. The number of ether oxygens (including phenoxy) is 3. The summed E-state index contributed by atoms with van der Waals surface area (Å²) in [6.45, 7) is 5.41. The van der Waals surface area contributed by atoms with Crippen molar-refractivity contribution in [3.8, 4) is 11.4 Å². The summed E-state index contributed by atoms with van der Waals surface area (Å²) < 4.78 is 20.2. The van der Waals surface area contributed by atoms with Gasteiger partial charge in [0, 0.05) is 51.7 Å². The van der Waals surface area contributed by atoms with E-state index in [9.17, 15) is 9.59 Å². The summed E-state index contributed by atoms with van der Waals surface area (Å²) in [4.78, 5) is 30.2. The maximum absolute atomic E-state index is 12.9. The third kappa shape index (κ3) is 6.34. The van der Waals surface area contributed by atoms with Crippen LogP contribution >= 0.6 is 0 Å². The quantitative estimate of drug-likeness (QED) is 0.359. The van der Waals surface area contributed by atoms with Crippen molar-refractivity contribution >= 4 is 17.0 Å². The molecule has 38 heavy (non-hydrogen) atoms. The van der Waals surface area contributed by atoms with Crippen LogP contribution in [0.1, 0.15) is 56.2 Å². The van der Waals surface area contributed by atoms with E-state index in [2.05, 4.69) is 28.9 Å². The van der Waals surface area contributed by atoms with Crippen molar-refractivity contribution in [3.05, 3.63) is 51.9 Å². The van der Waals surface area contributed by atoms with Gasteiger partial charge in [0.1, 0.15) is 18.0 Å². The molecule has 2 heterocycles. The van der Waals surface area contributed by atoms with E-state index < -0.39 is 6.04 Å². The highest BCUT2D eigenvalue weighted by Gasteiger charge is 2.25. The number of hydrogen-bond donors (Lipinski definition) is 1. The number of carbonyl (C=O) groups is 1. The van der Waals surface area contributed by atoms with Crippen LogP contribution in [0.4, 0.5) is 0 Å². The fraction of sp³-hybridized carbons (Fsp3) is 0.552. The van der Waals surface area contributed by atoms with Gasteiger partial charge in [0.05, 0.1) is 23.7 Å². The van der Waals surface area contributed by atoms with Crippen LogP contribution in [0.15, 0.2) is 35.3 Å². The fourth-order valence-electron chi connectivity index (χ4n) is 5.25. The van der Waals surface area contributed by atoms with Crippen molar-refractivity contribution in [2.24, 2.45) is 7.05 Å². The van der Waals surface area contributed by atoms with Crippen molar-refractivity contribution in [3.63, 3.8) is 0 Å². The molecule has 1 saturated carbocycles. The van der Waals surface area contributed by atoms with Crippen LogP contribution in [0, 0.1) is 6.92 Å². The van der Waals surface area contributed by atoms with Gasteiger partial charge in [-0.1, -0.05) is 6.07 Å². The number of benzene rings is 1. The minimum atomic E-state index is -0.435. The molecule has 0 saturated heterocycles. The second-order valence-corrected chi connectivity index (χ2v) is 10.3. The minimum Gasteiger partial charge on any atom is -0.461 e. The number of nitrogens with one attached hydrogen (secondary N) is 1. The average molecular weight is 525 g/mol. The molecule has 1 aliphatic carbocycles. The first-order valence-corrected chi connectivity index (χ1v) is 13.4. The Morgan fingerprint density at radius 1 is 1.18 bits per heavy atom. The van der Waals surface area contributed by atoms with Crippen molar-refractivity contribution < 1.29 is 19.0 Å². The largest absolute Gasteiger partial charge is 0.461 e. The molecule has 1 aromatic carbocycles. The summed E-state index contributed by atoms with van der Waals surface area (Å²) in [5.74, 6) is 0.575. The van der Waals surface area contributed by atoms with E-state index >= 15 is 0 Å². The van der Waals surface area contributed by atoms with Crippen LogP contribution in [0.25, 0.3) is 22.4 Å². The van der Waals surface area contributed by atoms with Gasteiger partial charge in [-0.05, 0) is 69.7 Å². The number of carbonyl (C=O) groups excluding carboxylic acids is 1. The Morgan fingerprint density at radius 3 is 2.63 bits per heavy atom. The highest BCUT2D eigenvalue weighted by Crippen LogP contribution is 2.29. The summed E-state index contributed by atoms with van der Waals surface area (Å²) in [5, 5.41) is 3.38. The molecule has 3 aromatic rings. The number of nitrogens with zero attached hydrogens (tertiary/aromatic N) is 3. The molecule has 206 valence electrons. The maximum atomic E-state index is 12.9. The van der Waals surface area contributed by atoms with E-state index in [4.69, 9.17) is 19.2 Å². The standard InChI is InChI=1S/C29H40N4O5/c1-19-14-22(17-32(3)28(19)34)27-31-25-15-21(10-11-26(25)33(27)20(2)18-37-5)16-30-24(12-13-36-4)29(35)38-23-8-6-7-9-23/h10-11,14-15,17,20,23-24,30H,6-9,12-13,16,18H2,1-5H3/t20-,24-/m0/s1. The Balaban J connectivity index is 1.61. The lowest BCUT2D eigenvalue weighted by molar-refractivity contribution is -0.151. The molecular formula is C29H40N4O5. The normalized spacial score (nSPS) is 15.7. The molecule has 2 atom stereocenters. The number of rotatable bonds is 12. The van der Waals surface area contributed by atoms with Gasteiger partial charge in [-0.15, -0.1) is 0 Å². The third-order valence-electron chi connectivity index (χ3n) is 7.26. The van der Waals surface area contributed by atoms with Gasteiger partial charge in [-0.3, -0.25) is 9.59 Å². The molecule has 1 aliphatic rings. The number of aryl methyl sites for hydroxylation is 2. The van der Waals surface area contributed by atoms with Gasteiger partial charge < -0.3 is 28.7 Å². The second kappa shape index (κ2) is 12.7. The van der Waals surface area contributed by atoms with Gasteiger partial charge in [0.25, 0.3) is 5.56 Å². The molecule has 0 bridgehead atoms. The summed E-state index contributed by atoms with van der Waals surface area (Å²) in [5.41, 5.74) is 4.36. The number of hydrogen-bond acceptors (Lipinski definition) is 7. The smallest absolute Gasteiger partial charge is 0.323 e. The van der Waals surface area contributed by atoms with Crippen LogP contribution in [-0.2, 0) is 32.6 Å². The topological polar surface area (TPSA) is 96.6 Å². The Morgan fingerprint density at radius 2 is 1.95 bits per heavy atom. The summed E-state index contributed by atoms with van der Waals surface area (Å²) >= 11 is 0. The Kier molecular flexibility index (Phi) is 9.35. The molecule has 0 radical (unpaired) electrons. The zero-order chi connectivity index (χ0) is 27.2. The highest BCUT2D eigenvalue weighted by atomic mass is 16.5. The number of aromatic nitrogens is 3. The van der Waals surface area contributed by atoms with Crippen LogP contribution in [0.5, 0.6) is 0 Å². The predicted molar refractivity (Wildman–Crippen MR) is 147 cm³/mol. The van der Waals surface area contributed by atoms with E-state index in [0.717, 1.165) is 53.7 Å². The third-order valence-corrected chi connectivity index (χ3v) is 7.26. The summed E-state index contributed by atoms with van der Waals surface area (Å²) in [6, 6.07) is 7.65. The summed E-state index contributed by atoms with van der Waals surface area (Å²) in [6.07, 6.45) is 6.52. The zero-order valence-electron chi connectivity index (χ0n) is 23.2. The lowest BCUT2D eigenvalue weighted by Gasteiger charge is -2.20. The molecule has 1 fully saturated rings. The number of methoxy groups -OCH3 is 2. The van der Waals surface area contributed by atoms with Gasteiger partial charge in [0.2, 0.25) is 0 Å². The van der Waals surface area contributed by atoms with E-state index in [1.807, 2.05) is 25.3 Å². The number of pyridine rings is 1. The lowest BCUT2D eigenvalue weighted by atomic mass is 10.1. The van der Waals surface area contributed by atoms with Crippen molar-refractivity contribution in [1.29, 1.82) is 0 Å². The van der Waals surface area contributed by atoms with E-state index in [-0.39, 0.29) is 23.7 Å². The van der Waals surface area contributed by atoms with Gasteiger partial charge in [-0.2, -0.15) is 0 Å². The first-order chi connectivity index (χ1) is 18.3. The van der Waals surface area contributed by atoms with Crippen molar-refractivity contribution in [1.82, 2.24) is 19.4 Å². The van der Waals surface area contributed by atoms with E-state index in [1.54, 1.807) is 25.8 Å². The molecular weight excluding hydrogens is 484 g/mol. The SMILES string of the molecule is COCC[C@H](NCc1ccc2c(c1)nc(-c1cc(C)c(=O)n(C)c1)n2[C@@H](C)COC)C(=O)OC1CCCC1. The number of esters is 1. The Hall–Kier alpha value is -3.01. The van der Waals surface area contributed by atoms with E-state index in [0.29, 0.717) is 31.7 Å². The van der Waals surface area contributed by atoms with Crippen LogP contribution < -0.4 is 10.9 Å². The Labute approximate surface area is 224 Å². The molecule has 9 nitrogen and oxygen atoms in total. The van der Waals surface area contributed by atoms with Crippen LogP contribution in [0.3, 0.4) is 0 Å². The first-order valence-electron chi connectivity index (χ1n) is 13.4. The minimum absolute atomic E-state index is 0.0239. The van der Waals surface area contributed by atoms with Crippen LogP contribution in [0.2, 0.25) is 0 Å². The molecule has 1 N–H and O–H groups in total. The van der Waals surface area contributed by atoms with Gasteiger partial charge in [-0.25, -0.2) is 4.98 Å². The summed E-state index contributed by atoms with van der Waals surface area (Å²) in [7, 11) is 5.08. The number of fused-ring (bicyclic) bond motifs is 1. The molecule has 0 spiro atoms. The lowest BCUT2D eigenvalue weighted by Crippen LogP contribution is -2.40. The molecule has 0 unspecified atom stereocenters. The van der Waals surface area contributed by atoms with Crippen molar-refractivity contribution in [2.75, 3.05) is 27.4 Å². The second-order valence-electron chi connectivity index (χ2n) is 10.3. The zero-order valence-corrected chi connectivity index (χ0v) is 23.2.